The molecule has 0 saturated carbocycles. The molecular formula is C17H22BrNO4S. The van der Waals surface area contributed by atoms with Gasteiger partial charge in [-0.2, -0.15) is 0 Å². The average molecular weight is 416 g/mol. The molecule has 0 spiro atoms. The van der Waals surface area contributed by atoms with Crippen LogP contribution in [0.3, 0.4) is 0 Å². The lowest BCUT2D eigenvalue weighted by molar-refractivity contribution is -0.136. The van der Waals surface area contributed by atoms with Gasteiger partial charge in [0, 0.05) is 9.89 Å². The van der Waals surface area contributed by atoms with Crippen LogP contribution in [0.15, 0.2) is 16.6 Å². The Morgan fingerprint density at radius 1 is 1.21 bits per heavy atom. The van der Waals surface area contributed by atoms with Crippen LogP contribution in [0.1, 0.15) is 31.9 Å². The number of aliphatic carboxylic acids is 1. The molecule has 7 heteroatoms. The summed E-state index contributed by atoms with van der Waals surface area (Å²) in [4.78, 5) is 37.1. The number of nitrogens with zero attached hydrogens (tertiary/aromatic N) is 1. The number of hydrogen-bond acceptors (Lipinski definition) is 4. The first-order chi connectivity index (χ1) is 10.9. The van der Waals surface area contributed by atoms with Crippen molar-refractivity contribution in [2.24, 2.45) is 5.41 Å². The minimum absolute atomic E-state index is 0.0885. The Kier molecular flexibility index (Phi) is 7.04. The van der Waals surface area contributed by atoms with Gasteiger partial charge in [-0.1, -0.05) is 54.5 Å². The lowest BCUT2D eigenvalue weighted by Crippen LogP contribution is -2.38. The van der Waals surface area contributed by atoms with Crippen LogP contribution in [0.4, 0.5) is 5.69 Å². The molecule has 0 aliphatic carbocycles. The third-order valence-electron chi connectivity index (χ3n) is 3.37. The first-order valence-electron chi connectivity index (χ1n) is 7.40. The van der Waals surface area contributed by atoms with E-state index >= 15 is 0 Å². The highest BCUT2D eigenvalue weighted by atomic mass is 79.9. The van der Waals surface area contributed by atoms with Crippen molar-refractivity contribution in [3.63, 3.8) is 0 Å². The summed E-state index contributed by atoms with van der Waals surface area (Å²) < 4.78 is 0.796. The van der Waals surface area contributed by atoms with Crippen molar-refractivity contribution >= 4 is 50.4 Å². The van der Waals surface area contributed by atoms with E-state index in [0.29, 0.717) is 5.69 Å². The van der Waals surface area contributed by atoms with Crippen LogP contribution in [-0.4, -0.2) is 34.4 Å². The number of halogens is 1. The summed E-state index contributed by atoms with van der Waals surface area (Å²) in [5.74, 6) is -1.59. The summed E-state index contributed by atoms with van der Waals surface area (Å²) in [6.45, 7) is 8.55. The summed E-state index contributed by atoms with van der Waals surface area (Å²) in [5.41, 5.74) is 1.61. The largest absolute Gasteiger partial charge is 0.480 e. The quantitative estimate of drug-likeness (QED) is 0.791. The SMILES string of the molecule is Cc1ccc(Br)c(C)c1N(CC(=O)O)C(=O)CSC(=O)C(C)(C)C. The van der Waals surface area contributed by atoms with Crippen molar-refractivity contribution in [3.05, 3.63) is 27.7 Å². The first-order valence-corrected chi connectivity index (χ1v) is 9.18. The fourth-order valence-electron chi connectivity index (χ4n) is 2.08. The maximum Gasteiger partial charge on any atom is 0.323 e. The highest BCUT2D eigenvalue weighted by Crippen LogP contribution is 2.31. The molecule has 24 heavy (non-hydrogen) atoms. The normalized spacial score (nSPS) is 11.2. The van der Waals surface area contributed by atoms with Gasteiger partial charge < -0.3 is 5.11 Å². The number of carboxylic acids is 1. The molecule has 132 valence electrons. The zero-order valence-corrected chi connectivity index (χ0v) is 16.9. The molecule has 5 nitrogen and oxygen atoms in total. The second-order valence-electron chi connectivity index (χ2n) is 6.54. The molecule has 0 radical (unpaired) electrons. The van der Waals surface area contributed by atoms with Gasteiger partial charge in [-0.15, -0.1) is 0 Å². The van der Waals surface area contributed by atoms with E-state index in [1.807, 2.05) is 26.0 Å². The fourth-order valence-corrected chi connectivity index (χ4v) is 3.24. The number of carboxylic acid groups (broad SMARTS) is 1. The molecule has 0 heterocycles. The second-order valence-corrected chi connectivity index (χ2v) is 8.34. The van der Waals surface area contributed by atoms with Crippen LogP contribution in [0.2, 0.25) is 0 Å². The van der Waals surface area contributed by atoms with Crippen molar-refractivity contribution in [1.82, 2.24) is 0 Å². The van der Waals surface area contributed by atoms with Crippen molar-refractivity contribution in [2.75, 3.05) is 17.2 Å². The van der Waals surface area contributed by atoms with Crippen LogP contribution in [0.25, 0.3) is 0 Å². The second kappa shape index (κ2) is 8.16. The van der Waals surface area contributed by atoms with Gasteiger partial charge >= 0.3 is 5.97 Å². The summed E-state index contributed by atoms with van der Waals surface area (Å²) in [5, 5.41) is 9.07. The van der Waals surface area contributed by atoms with Crippen LogP contribution >= 0.6 is 27.7 Å². The summed E-state index contributed by atoms with van der Waals surface area (Å²) >= 11 is 4.33. The van der Waals surface area contributed by atoms with Crippen LogP contribution in [-0.2, 0) is 14.4 Å². The number of benzene rings is 1. The number of rotatable bonds is 5. The molecule has 0 unspecified atom stereocenters. The Morgan fingerprint density at radius 3 is 2.29 bits per heavy atom. The van der Waals surface area contributed by atoms with Gasteiger partial charge in [-0.05, 0) is 31.0 Å². The zero-order valence-electron chi connectivity index (χ0n) is 14.5. The molecule has 1 N–H and O–H groups in total. The van der Waals surface area contributed by atoms with Gasteiger partial charge in [0.25, 0.3) is 0 Å². The molecular weight excluding hydrogens is 394 g/mol. The molecule has 0 atom stereocenters. The lowest BCUT2D eigenvalue weighted by Gasteiger charge is -2.25. The summed E-state index contributed by atoms with van der Waals surface area (Å²) in [6, 6.07) is 3.68. The minimum Gasteiger partial charge on any atom is -0.480 e. The van der Waals surface area contributed by atoms with E-state index in [0.717, 1.165) is 27.4 Å². The highest BCUT2D eigenvalue weighted by Gasteiger charge is 2.27. The predicted octanol–water partition coefficient (Wildman–Crippen LogP) is 3.79. The highest BCUT2D eigenvalue weighted by molar-refractivity contribution is 9.10. The maximum atomic E-state index is 12.6. The van der Waals surface area contributed by atoms with Crippen molar-refractivity contribution in [2.45, 2.75) is 34.6 Å². The third-order valence-corrected chi connectivity index (χ3v) is 5.50. The van der Waals surface area contributed by atoms with Gasteiger partial charge in [0.1, 0.15) is 6.54 Å². The van der Waals surface area contributed by atoms with E-state index in [1.165, 1.54) is 4.90 Å². The van der Waals surface area contributed by atoms with E-state index in [1.54, 1.807) is 20.8 Å². The number of thioether (sulfide) groups is 1. The van der Waals surface area contributed by atoms with Gasteiger partial charge in [-0.25, -0.2) is 0 Å². The molecule has 1 aromatic carbocycles. The van der Waals surface area contributed by atoms with E-state index in [2.05, 4.69) is 15.9 Å². The van der Waals surface area contributed by atoms with Crippen molar-refractivity contribution in [1.29, 1.82) is 0 Å². The Morgan fingerprint density at radius 2 is 1.79 bits per heavy atom. The smallest absolute Gasteiger partial charge is 0.323 e. The number of anilines is 1. The molecule has 1 amide bonds. The number of carbonyl (C=O) groups is 3. The number of aryl methyl sites for hydroxylation is 1. The monoisotopic (exact) mass is 415 g/mol. The third kappa shape index (κ3) is 5.34. The van der Waals surface area contributed by atoms with Crippen molar-refractivity contribution < 1.29 is 19.5 Å². The molecule has 0 aliphatic rings. The van der Waals surface area contributed by atoms with Gasteiger partial charge in [0.2, 0.25) is 5.91 Å². The predicted molar refractivity (Wildman–Crippen MR) is 101 cm³/mol. The van der Waals surface area contributed by atoms with Crippen molar-refractivity contribution in [3.8, 4) is 0 Å². The Bertz CT molecular complexity index is 667. The molecule has 0 fully saturated rings. The van der Waals surface area contributed by atoms with E-state index in [9.17, 15) is 19.5 Å². The Hall–Kier alpha value is -1.34. The van der Waals surface area contributed by atoms with Crippen LogP contribution in [0.5, 0.6) is 0 Å². The number of carbonyl (C=O) groups excluding carboxylic acids is 2. The molecule has 0 saturated heterocycles. The van der Waals surface area contributed by atoms with Gasteiger partial charge in [0.05, 0.1) is 11.4 Å². The molecule has 0 bridgehead atoms. The summed E-state index contributed by atoms with van der Waals surface area (Å²) in [6.07, 6.45) is 0. The van der Waals surface area contributed by atoms with Crippen LogP contribution < -0.4 is 4.90 Å². The number of amides is 1. The average Bonchev–Trinajstić information content (AvgIpc) is 2.46. The Labute approximate surface area is 154 Å². The van der Waals surface area contributed by atoms with E-state index in [4.69, 9.17) is 0 Å². The number of hydrogen-bond donors (Lipinski definition) is 1. The first kappa shape index (κ1) is 20.7. The Balaban J connectivity index is 3.11. The van der Waals surface area contributed by atoms with E-state index < -0.39 is 23.8 Å². The minimum atomic E-state index is -1.10. The zero-order chi connectivity index (χ0) is 18.7. The maximum absolute atomic E-state index is 12.6. The van der Waals surface area contributed by atoms with Crippen LogP contribution in [0, 0.1) is 19.3 Å². The summed E-state index contributed by atoms with van der Waals surface area (Å²) in [7, 11) is 0. The van der Waals surface area contributed by atoms with Gasteiger partial charge in [0.15, 0.2) is 5.12 Å². The lowest BCUT2D eigenvalue weighted by atomic mass is 10.00. The topological polar surface area (TPSA) is 74.7 Å². The standard InChI is InChI=1S/C17H22BrNO4S/c1-10-6-7-12(18)11(2)15(10)19(8-14(21)22)13(20)9-24-16(23)17(3,4)5/h6-7H,8-9H2,1-5H3,(H,21,22). The molecule has 0 aliphatic heterocycles. The fraction of sp³-hybridized carbons (Fsp3) is 0.471. The molecule has 1 aromatic rings. The molecule has 0 aromatic heterocycles. The van der Waals surface area contributed by atoms with Gasteiger partial charge in [-0.3, -0.25) is 19.3 Å². The van der Waals surface area contributed by atoms with E-state index in [-0.39, 0.29) is 10.9 Å². The molecule has 1 rings (SSSR count).